The van der Waals surface area contributed by atoms with Crippen molar-refractivity contribution in [1.29, 1.82) is 0 Å². The number of anilines is 1. The van der Waals surface area contributed by atoms with Gasteiger partial charge in [0.15, 0.2) is 11.5 Å². The third-order valence-corrected chi connectivity index (χ3v) is 3.43. The summed E-state index contributed by atoms with van der Waals surface area (Å²) in [4.78, 5) is 0. The zero-order valence-corrected chi connectivity index (χ0v) is 12.1. The molecule has 0 fully saturated rings. The summed E-state index contributed by atoms with van der Waals surface area (Å²) in [6.07, 6.45) is 0.326. The van der Waals surface area contributed by atoms with Crippen LogP contribution in [0.1, 0.15) is 12.0 Å². The molecule has 0 atom stereocenters. The van der Waals surface area contributed by atoms with E-state index in [2.05, 4.69) is 5.32 Å². The lowest BCUT2D eigenvalue weighted by Crippen LogP contribution is -2.10. The van der Waals surface area contributed by atoms with Crippen LogP contribution in [-0.4, -0.2) is 39.5 Å². The second kappa shape index (κ2) is 6.63. The zero-order chi connectivity index (χ0) is 14.5. The lowest BCUT2D eigenvalue weighted by molar-refractivity contribution is 0.355. The second-order valence-corrected chi connectivity index (χ2v) is 5.66. The van der Waals surface area contributed by atoms with E-state index in [1.807, 2.05) is 13.0 Å². The van der Waals surface area contributed by atoms with Crippen LogP contribution in [0.5, 0.6) is 11.5 Å². The van der Waals surface area contributed by atoms with Gasteiger partial charge in [-0.05, 0) is 25.0 Å². The van der Waals surface area contributed by atoms with Crippen LogP contribution in [0.2, 0.25) is 0 Å². The Hall–Kier alpha value is -1.47. The molecule has 7 heteroatoms. The molecular weight excluding hydrogens is 270 g/mol. The summed E-state index contributed by atoms with van der Waals surface area (Å²) in [5.74, 6) is 0.987. The van der Waals surface area contributed by atoms with Crippen LogP contribution in [-0.2, 0) is 10.1 Å². The Balaban J connectivity index is 2.68. The minimum absolute atomic E-state index is 0.258. The van der Waals surface area contributed by atoms with Crippen LogP contribution in [0.15, 0.2) is 12.1 Å². The Bertz CT molecular complexity index is 527. The van der Waals surface area contributed by atoms with E-state index >= 15 is 0 Å². The fourth-order valence-electron chi connectivity index (χ4n) is 1.65. The fourth-order valence-corrected chi connectivity index (χ4v) is 2.16. The number of ether oxygens (including phenoxy) is 2. The van der Waals surface area contributed by atoms with Crippen LogP contribution in [0.3, 0.4) is 0 Å². The van der Waals surface area contributed by atoms with Crippen molar-refractivity contribution in [2.45, 2.75) is 13.3 Å². The number of benzene rings is 1. The van der Waals surface area contributed by atoms with E-state index in [0.717, 1.165) is 11.3 Å². The van der Waals surface area contributed by atoms with Crippen molar-refractivity contribution in [3.8, 4) is 11.5 Å². The van der Waals surface area contributed by atoms with Gasteiger partial charge in [-0.2, -0.15) is 8.42 Å². The van der Waals surface area contributed by atoms with Crippen LogP contribution < -0.4 is 14.8 Å². The van der Waals surface area contributed by atoms with Gasteiger partial charge in [0.05, 0.1) is 20.0 Å². The summed E-state index contributed by atoms with van der Waals surface area (Å²) in [6.45, 7) is 2.35. The molecule has 0 amide bonds. The minimum Gasteiger partial charge on any atom is -0.493 e. The Morgan fingerprint density at radius 2 is 1.79 bits per heavy atom. The van der Waals surface area contributed by atoms with Crippen LogP contribution in [0.25, 0.3) is 0 Å². The van der Waals surface area contributed by atoms with Crippen LogP contribution in [0, 0.1) is 6.92 Å². The molecule has 108 valence electrons. The Morgan fingerprint density at radius 1 is 1.21 bits per heavy atom. The summed E-state index contributed by atoms with van der Waals surface area (Å²) in [7, 11) is -0.780. The number of nitrogens with one attached hydrogen (secondary N) is 1. The molecule has 1 rings (SSSR count). The standard InChI is InChI=1S/C12H19NO5S/c1-9-7-11(17-2)12(18-3)8-10(9)13-5-4-6-19(14,15)16/h7-8,13H,4-6H2,1-3H3,(H,14,15,16). The number of rotatable bonds is 7. The van der Waals surface area contributed by atoms with E-state index < -0.39 is 10.1 Å². The van der Waals surface area contributed by atoms with E-state index in [1.165, 1.54) is 0 Å². The van der Waals surface area contributed by atoms with E-state index in [-0.39, 0.29) is 5.75 Å². The molecular formula is C12H19NO5S. The average Bonchev–Trinajstić information content (AvgIpc) is 2.34. The molecule has 1 aromatic carbocycles. The van der Waals surface area contributed by atoms with Gasteiger partial charge in [-0.1, -0.05) is 0 Å². The van der Waals surface area contributed by atoms with Crippen molar-refractivity contribution in [2.75, 3.05) is 31.8 Å². The first-order valence-corrected chi connectivity index (χ1v) is 7.40. The molecule has 1 aromatic rings. The highest BCUT2D eigenvalue weighted by Crippen LogP contribution is 2.32. The largest absolute Gasteiger partial charge is 0.493 e. The summed E-state index contributed by atoms with van der Waals surface area (Å²) in [5.41, 5.74) is 1.80. The molecule has 0 saturated heterocycles. The van der Waals surface area contributed by atoms with Crippen molar-refractivity contribution in [3.63, 3.8) is 0 Å². The SMILES string of the molecule is COc1cc(C)c(NCCCS(=O)(=O)O)cc1OC. The first-order valence-electron chi connectivity index (χ1n) is 5.79. The molecule has 0 aliphatic carbocycles. The minimum atomic E-state index is -3.90. The molecule has 0 heterocycles. The molecule has 6 nitrogen and oxygen atoms in total. The zero-order valence-electron chi connectivity index (χ0n) is 11.3. The second-order valence-electron chi connectivity index (χ2n) is 4.09. The molecule has 0 aliphatic heterocycles. The highest BCUT2D eigenvalue weighted by Gasteiger charge is 2.09. The predicted molar refractivity (Wildman–Crippen MR) is 73.8 cm³/mol. The van der Waals surface area contributed by atoms with Gasteiger partial charge in [0.25, 0.3) is 10.1 Å². The van der Waals surface area contributed by atoms with Gasteiger partial charge < -0.3 is 14.8 Å². The third kappa shape index (κ3) is 4.96. The van der Waals surface area contributed by atoms with Crippen molar-refractivity contribution in [3.05, 3.63) is 17.7 Å². The predicted octanol–water partition coefficient (Wildman–Crippen LogP) is 1.70. The van der Waals surface area contributed by atoms with Gasteiger partial charge in [0.1, 0.15) is 0 Å². The first-order chi connectivity index (χ1) is 8.87. The van der Waals surface area contributed by atoms with Crippen molar-refractivity contribution < 1.29 is 22.4 Å². The maximum atomic E-state index is 10.6. The van der Waals surface area contributed by atoms with E-state index in [9.17, 15) is 8.42 Å². The van der Waals surface area contributed by atoms with Gasteiger partial charge in [-0.15, -0.1) is 0 Å². The molecule has 0 unspecified atom stereocenters. The lowest BCUT2D eigenvalue weighted by Gasteiger charge is -2.14. The smallest absolute Gasteiger partial charge is 0.264 e. The van der Waals surface area contributed by atoms with Crippen LogP contribution >= 0.6 is 0 Å². The molecule has 2 N–H and O–H groups in total. The quantitative estimate of drug-likeness (QED) is 0.587. The monoisotopic (exact) mass is 289 g/mol. The van der Waals surface area contributed by atoms with Gasteiger partial charge >= 0.3 is 0 Å². The molecule has 0 aromatic heterocycles. The van der Waals surface area contributed by atoms with E-state index in [0.29, 0.717) is 24.5 Å². The van der Waals surface area contributed by atoms with Crippen molar-refractivity contribution in [1.82, 2.24) is 0 Å². The highest BCUT2D eigenvalue weighted by atomic mass is 32.2. The van der Waals surface area contributed by atoms with Gasteiger partial charge in [0, 0.05) is 18.3 Å². The third-order valence-electron chi connectivity index (χ3n) is 2.63. The molecule has 0 aliphatic rings. The summed E-state index contributed by atoms with van der Waals surface area (Å²) < 4.78 is 40.2. The van der Waals surface area contributed by atoms with Crippen molar-refractivity contribution in [2.24, 2.45) is 0 Å². The number of aryl methyl sites for hydroxylation is 1. The van der Waals surface area contributed by atoms with Gasteiger partial charge in [-0.3, -0.25) is 4.55 Å². The van der Waals surface area contributed by atoms with Crippen LogP contribution in [0.4, 0.5) is 5.69 Å². The maximum Gasteiger partial charge on any atom is 0.264 e. The molecule has 0 bridgehead atoms. The fraction of sp³-hybridized carbons (Fsp3) is 0.500. The van der Waals surface area contributed by atoms with E-state index in [4.69, 9.17) is 14.0 Å². The van der Waals surface area contributed by atoms with E-state index in [1.54, 1.807) is 20.3 Å². The van der Waals surface area contributed by atoms with Gasteiger partial charge in [0.2, 0.25) is 0 Å². The first kappa shape index (κ1) is 15.6. The lowest BCUT2D eigenvalue weighted by atomic mass is 10.1. The molecule has 0 saturated carbocycles. The number of hydrogen-bond donors (Lipinski definition) is 2. The average molecular weight is 289 g/mol. The number of hydrogen-bond acceptors (Lipinski definition) is 5. The number of methoxy groups -OCH3 is 2. The molecule has 0 spiro atoms. The summed E-state index contributed by atoms with van der Waals surface area (Å²) in [5, 5.41) is 3.10. The van der Waals surface area contributed by atoms with Crippen molar-refractivity contribution >= 4 is 15.8 Å². The molecule has 0 radical (unpaired) electrons. The summed E-state index contributed by atoms with van der Waals surface area (Å²) in [6, 6.07) is 3.63. The normalized spacial score (nSPS) is 11.2. The molecule has 19 heavy (non-hydrogen) atoms. The maximum absolute atomic E-state index is 10.6. The summed E-state index contributed by atoms with van der Waals surface area (Å²) >= 11 is 0. The Morgan fingerprint density at radius 3 is 2.32 bits per heavy atom. The topological polar surface area (TPSA) is 84.9 Å². The van der Waals surface area contributed by atoms with Gasteiger partial charge in [-0.25, -0.2) is 0 Å². The highest BCUT2D eigenvalue weighted by molar-refractivity contribution is 7.85. The Labute approximate surface area is 113 Å². The Kier molecular flexibility index (Phi) is 5.44.